The quantitative estimate of drug-likeness (QED) is 0.870. The molecular weight excluding hydrogens is 336 g/mol. The predicted molar refractivity (Wildman–Crippen MR) is 84.5 cm³/mol. The molecule has 0 radical (unpaired) electrons. The van der Waals surface area contributed by atoms with Crippen molar-refractivity contribution in [2.45, 2.75) is 26.2 Å². The SMILES string of the molecule is CCC1(C(=O)O)CCN(c2ccc(C(N)=O)c(Br)c2)CC1. The maximum absolute atomic E-state index is 11.4. The molecule has 2 rings (SSSR count). The molecule has 1 aromatic carbocycles. The van der Waals surface area contributed by atoms with Gasteiger partial charge in [0.2, 0.25) is 5.91 Å². The number of anilines is 1. The van der Waals surface area contributed by atoms with Crippen molar-refractivity contribution in [1.82, 2.24) is 0 Å². The van der Waals surface area contributed by atoms with E-state index in [0.29, 0.717) is 42.4 Å². The third-order valence-corrected chi connectivity index (χ3v) is 5.09. The molecule has 6 heteroatoms. The Morgan fingerprint density at radius 1 is 1.38 bits per heavy atom. The van der Waals surface area contributed by atoms with Crippen LogP contribution in [0, 0.1) is 5.41 Å². The van der Waals surface area contributed by atoms with Gasteiger partial charge in [0.25, 0.3) is 0 Å². The van der Waals surface area contributed by atoms with Gasteiger partial charge in [-0.05, 0) is 53.4 Å². The van der Waals surface area contributed by atoms with Crippen LogP contribution in [-0.4, -0.2) is 30.1 Å². The largest absolute Gasteiger partial charge is 0.481 e. The summed E-state index contributed by atoms with van der Waals surface area (Å²) >= 11 is 3.35. The summed E-state index contributed by atoms with van der Waals surface area (Å²) in [6, 6.07) is 5.41. The number of rotatable bonds is 4. The number of carboxylic acid groups (broad SMARTS) is 1. The van der Waals surface area contributed by atoms with E-state index in [-0.39, 0.29) is 0 Å². The maximum atomic E-state index is 11.4. The molecule has 1 heterocycles. The number of aliphatic carboxylic acids is 1. The van der Waals surface area contributed by atoms with Crippen LogP contribution in [0.4, 0.5) is 5.69 Å². The lowest BCUT2D eigenvalue weighted by Crippen LogP contribution is -2.44. The highest BCUT2D eigenvalue weighted by molar-refractivity contribution is 9.10. The van der Waals surface area contributed by atoms with Crippen molar-refractivity contribution in [3.63, 3.8) is 0 Å². The van der Waals surface area contributed by atoms with Crippen LogP contribution in [-0.2, 0) is 4.79 Å². The number of nitrogens with two attached hydrogens (primary N) is 1. The van der Waals surface area contributed by atoms with Crippen LogP contribution in [0.15, 0.2) is 22.7 Å². The fourth-order valence-corrected chi connectivity index (χ4v) is 3.37. The molecule has 114 valence electrons. The third-order valence-electron chi connectivity index (χ3n) is 4.43. The topological polar surface area (TPSA) is 83.6 Å². The van der Waals surface area contributed by atoms with E-state index in [1.165, 1.54) is 0 Å². The van der Waals surface area contributed by atoms with Gasteiger partial charge in [-0.15, -0.1) is 0 Å². The Hall–Kier alpha value is -1.56. The summed E-state index contributed by atoms with van der Waals surface area (Å²) in [4.78, 5) is 24.8. The summed E-state index contributed by atoms with van der Waals surface area (Å²) in [6.45, 7) is 3.33. The van der Waals surface area contributed by atoms with Crippen LogP contribution in [0.25, 0.3) is 0 Å². The van der Waals surface area contributed by atoms with Gasteiger partial charge < -0.3 is 15.7 Å². The molecule has 0 saturated carbocycles. The maximum Gasteiger partial charge on any atom is 0.309 e. The molecule has 1 aliphatic heterocycles. The van der Waals surface area contributed by atoms with E-state index in [1.807, 2.05) is 19.1 Å². The zero-order chi connectivity index (χ0) is 15.6. The van der Waals surface area contributed by atoms with Crippen molar-refractivity contribution >= 4 is 33.5 Å². The van der Waals surface area contributed by atoms with Crippen molar-refractivity contribution in [3.05, 3.63) is 28.2 Å². The van der Waals surface area contributed by atoms with E-state index < -0.39 is 17.3 Å². The van der Waals surface area contributed by atoms with Gasteiger partial charge in [-0.2, -0.15) is 0 Å². The molecule has 0 aliphatic carbocycles. The van der Waals surface area contributed by atoms with Gasteiger partial charge in [-0.25, -0.2) is 0 Å². The van der Waals surface area contributed by atoms with Crippen LogP contribution in [0.5, 0.6) is 0 Å². The van der Waals surface area contributed by atoms with Crippen molar-refractivity contribution in [2.24, 2.45) is 11.1 Å². The summed E-state index contributed by atoms with van der Waals surface area (Å²) < 4.78 is 0.665. The lowest BCUT2D eigenvalue weighted by Gasteiger charge is -2.39. The fourth-order valence-electron chi connectivity index (χ4n) is 2.81. The fraction of sp³-hybridized carbons (Fsp3) is 0.467. The van der Waals surface area contributed by atoms with E-state index >= 15 is 0 Å². The first-order valence-electron chi connectivity index (χ1n) is 6.97. The highest BCUT2D eigenvalue weighted by Gasteiger charge is 2.39. The highest BCUT2D eigenvalue weighted by Crippen LogP contribution is 2.37. The molecule has 1 saturated heterocycles. The molecule has 0 bridgehead atoms. The Balaban J connectivity index is 2.14. The van der Waals surface area contributed by atoms with Crippen LogP contribution in [0.3, 0.4) is 0 Å². The number of carbonyl (C=O) groups excluding carboxylic acids is 1. The number of amides is 1. The number of piperidine rings is 1. The molecule has 1 aromatic rings. The van der Waals surface area contributed by atoms with Gasteiger partial charge in [0.1, 0.15) is 0 Å². The first-order chi connectivity index (χ1) is 9.89. The van der Waals surface area contributed by atoms with Crippen molar-refractivity contribution in [3.8, 4) is 0 Å². The normalized spacial score (nSPS) is 17.5. The zero-order valence-electron chi connectivity index (χ0n) is 11.9. The van der Waals surface area contributed by atoms with Crippen LogP contribution in [0.1, 0.15) is 36.5 Å². The van der Waals surface area contributed by atoms with E-state index in [9.17, 15) is 14.7 Å². The standard InChI is InChI=1S/C15H19BrN2O3/c1-2-15(14(20)21)5-7-18(8-6-15)10-3-4-11(13(17)19)12(16)9-10/h3-4,9H,2,5-8H2,1H3,(H2,17,19)(H,20,21). The number of halogens is 1. The Kier molecular flexibility index (Phi) is 4.56. The predicted octanol–water partition coefficient (Wildman–Crippen LogP) is 2.63. The molecule has 21 heavy (non-hydrogen) atoms. The molecular formula is C15H19BrN2O3. The van der Waals surface area contributed by atoms with Gasteiger partial charge in [0.05, 0.1) is 11.0 Å². The number of benzene rings is 1. The summed E-state index contributed by atoms with van der Waals surface area (Å²) in [5.74, 6) is -1.17. The second-order valence-corrected chi connectivity index (χ2v) is 6.31. The number of nitrogens with zero attached hydrogens (tertiary/aromatic N) is 1. The number of primary amides is 1. The summed E-state index contributed by atoms with van der Waals surface area (Å²) in [5, 5.41) is 9.41. The minimum absolute atomic E-state index is 0.448. The molecule has 0 unspecified atom stereocenters. The van der Waals surface area contributed by atoms with E-state index in [2.05, 4.69) is 20.8 Å². The minimum Gasteiger partial charge on any atom is -0.481 e. The van der Waals surface area contributed by atoms with E-state index in [1.54, 1.807) is 6.07 Å². The average molecular weight is 355 g/mol. The Labute approximate surface area is 132 Å². The lowest BCUT2D eigenvalue weighted by atomic mass is 9.76. The van der Waals surface area contributed by atoms with Crippen LogP contribution >= 0.6 is 15.9 Å². The summed E-state index contributed by atoms with van der Waals surface area (Å²) in [7, 11) is 0. The van der Waals surface area contributed by atoms with Gasteiger partial charge in [-0.1, -0.05) is 6.92 Å². The van der Waals surface area contributed by atoms with E-state index in [0.717, 1.165) is 5.69 Å². The number of carbonyl (C=O) groups is 2. The van der Waals surface area contributed by atoms with Gasteiger partial charge in [-0.3, -0.25) is 9.59 Å². The van der Waals surface area contributed by atoms with Crippen molar-refractivity contribution < 1.29 is 14.7 Å². The number of carboxylic acids is 1. The molecule has 1 aliphatic rings. The van der Waals surface area contributed by atoms with Crippen molar-refractivity contribution in [1.29, 1.82) is 0 Å². The van der Waals surface area contributed by atoms with Gasteiger partial charge >= 0.3 is 5.97 Å². The number of hydrogen-bond donors (Lipinski definition) is 2. The number of hydrogen-bond acceptors (Lipinski definition) is 3. The molecule has 0 aromatic heterocycles. The molecule has 0 atom stereocenters. The average Bonchev–Trinajstić information content (AvgIpc) is 2.46. The molecule has 1 amide bonds. The van der Waals surface area contributed by atoms with Gasteiger partial charge in [0.15, 0.2) is 0 Å². The van der Waals surface area contributed by atoms with Crippen molar-refractivity contribution in [2.75, 3.05) is 18.0 Å². The summed E-state index contributed by atoms with van der Waals surface area (Å²) in [6.07, 6.45) is 1.92. The second-order valence-electron chi connectivity index (χ2n) is 5.45. The van der Waals surface area contributed by atoms with Crippen LogP contribution in [0.2, 0.25) is 0 Å². The first kappa shape index (κ1) is 15.8. The Bertz CT molecular complexity index is 566. The van der Waals surface area contributed by atoms with E-state index in [4.69, 9.17) is 5.73 Å². The second kappa shape index (κ2) is 6.05. The summed E-state index contributed by atoms with van der Waals surface area (Å²) in [5.41, 5.74) is 6.11. The monoisotopic (exact) mass is 354 g/mol. The first-order valence-corrected chi connectivity index (χ1v) is 7.76. The molecule has 0 spiro atoms. The molecule has 5 nitrogen and oxygen atoms in total. The Morgan fingerprint density at radius 2 is 2.00 bits per heavy atom. The minimum atomic E-state index is -0.699. The molecule has 3 N–H and O–H groups in total. The third kappa shape index (κ3) is 3.05. The highest BCUT2D eigenvalue weighted by atomic mass is 79.9. The smallest absolute Gasteiger partial charge is 0.309 e. The van der Waals surface area contributed by atoms with Gasteiger partial charge in [0, 0.05) is 23.2 Å². The van der Waals surface area contributed by atoms with Crippen LogP contribution < -0.4 is 10.6 Å². The zero-order valence-corrected chi connectivity index (χ0v) is 13.5. The lowest BCUT2D eigenvalue weighted by molar-refractivity contribution is -0.150. The Morgan fingerprint density at radius 3 is 2.43 bits per heavy atom. The molecule has 1 fully saturated rings.